The lowest BCUT2D eigenvalue weighted by molar-refractivity contribution is -0.140. The topological polar surface area (TPSA) is 50.3 Å². The number of pyridine rings is 1. The summed E-state index contributed by atoms with van der Waals surface area (Å²) in [4.78, 5) is 2.79. The highest BCUT2D eigenvalue weighted by atomic mass is 32.2. The number of nitrogens with zero attached hydrogens (tertiary/aromatic N) is 2. The molecule has 0 spiro atoms. The highest BCUT2D eigenvalue weighted by Crippen LogP contribution is 2.36. The minimum absolute atomic E-state index is 0.120. The zero-order chi connectivity index (χ0) is 15.8. The van der Waals surface area contributed by atoms with Crippen molar-refractivity contribution in [1.29, 1.82) is 0 Å². The lowest BCUT2D eigenvalue weighted by Gasteiger charge is -2.34. The highest BCUT2D eigenvalue weighted by molar-refractivity contribution is 7.89. The molecule has 4 nitrogen and oxygen atoms in total. The van der Waals surface area contributed by atoms with E-state index in [0.29, 0.717) is 6.07 Å². The average Bonchev–Trinajstić information content (AvgIpc) is 2.36. The molecule has 1 aromatic heterocycles. The molecule has 0 aliphatic carbocycles. The van der Waals surface area contributed by atoms with Gasteiger partial charge in [-0.3, -0.25) is 4.98 Å². The highest BCUT2D eigenvalue weighted by Gasteiger charge is 2.40. The van der Waals surface area contributed by atoms with Crippen molar-refractivity contribution in [2.45, 2.75) is 31.3 Å². The van der Waals surface area contributed by atoms with Crippen LogP contribution in [0.2, 0.25) is 0 Å². The third-order valence-corrected chi connectivity index (χ3v) is 5.40. The normalized spacial score (nSPS) is 25.0. The van der Waals surface area contributed by atoms with Crippen LogP contribution in [0.3, 0.4) is 0 Å². The standard InChI is InChI=1S/C13H17F3N2O2S/c1-9-5-10(2)8-18(7-9)21(19,20)12-6-17-4-3-11(12)13(14,15)16/h3-4,6,9-10H,5,7-8H2,1-2H3. The molecule has 0 radical (unpaired) electrons. The van der Waals surface area contributed by atoms with E-state index in [1.807, 2.05) is 13.8 Å². The SMILES string of the molecule is CC1CC(C)CN(S(=O)(=O)c2cnccc2C(F)(F)F)C1. The molecule has 118 valence electrons. The van der Waals surface area contributed by atoms with Crippen molar-refractivity contribution < 1.29 is 21.6 Å². The van der Waals surface area contributed by atoms with Crippen LogP contribution in [0.1, 0.15) is 25.8 Å². The number of rotatable bonds is 2. The Kier molecular flexibility index (Phi) is 4.30. The minimum Gasteiger partial charge on any atom is -0.263 e. The number of piperidine rings is 1. The summed E-state index contributed by atoms with van der Waals surface area (Å²) in [5, 5.41) is 0. The summed E-state index contributed by atoms with van der Waals surface area (Å²) in [6, 6.07) is 0.698. The zero-order valence-electron chi connectivity index (χ0n) is 11.8. The monoisotopic (exact) mass is 322 g/mol. The first-order valence-corrected chi connectivity index (χ1v) is 8.07. The van der Waals surface area contributed by atoms with Gasteiger partial charge in [0.05, 0.1) is 5.56 Å². The Hall–Kier alpha value is -1.15. The summed E-state index contributed by atoms with van der Waals surface area (Å²) < 4.78 is 65.2. The van der Waals surface area contributed by atoms with E-state index in [4.69, 9.17) is 0 Å². The zero-order valence-corrected chi connectivity index (χ0v) is 12.6. The van der Waals surface area contributed by atoms with Crippen LogP contribution in [0.4, 0.5) is 13.2 Å². The van der Waals surface area contributed by atoms with E-state index in [1.165, 1.54) is 0 Å². The van der Waals surface area contributed by atoms with Gasteiger partial charge in [0.1, 0.15) is 4.90 Å². The maximum absolute atomic E-state index is 13.0. The van der Waals surface area contributed by atoms with E-state index in [9.17, 15) is 21.6 Å². The molecule has 2 rings (SSSR count). The van der Waals surface area contributed by atoms with Crippen LogP contribution in [-0.2, 0) is 16.2 Å². The molecule has 2 heterocycles. The third-order valence-electron chi connectivity index (χ3n) is 3.54. The van der Waals surface area contributed by atoms with E-state index < -0.39 is 26.7 Å². The number of aromatic nitrogens is 1. The molecule has 1 aromatic rings. The number of hydrogen-bond donors (Lipinski definition) is 0. The molecule has 1 aliphatic heterocycles. The Bertz CT molecular complexity index is 606. The molecule has 0 aromatic carbocycles. The fourth-order valence-corrected chi connectivity index (χ4v) is 4.60. The molecule has 1 aliphatic rings. The van der Waals surface area contributed by atoms with Gasteiger partial charge in [-0.1, -0.05) is 13.8 Å². The second-order valence-corrected chi connectivity index (χ2v) is 7.54. The van der Waals surface area contributed by atoms with Crippen molar-refractivity contribution >= 4 is 10.0 Å². The lowest BCUT2D eigenvalue weighted by atomic mass is 9.94. The molecule has 0 N–H and O–H groups in total. The minimum atomic E-state index is -4.72. The number of alkyl halides is 3. The largest absolute Gasteiger partial charge is 0.417 e. The van der Waals surface area contributed by atoms with Crippen LogP contribution in [0, 0.1) is 11.8 Å². The molecule has 1 fully saturated rings. The first-order chi connectivity index (χ1) is 9.62. The summed E-state index contributed by atoms with van der Waals surface area (Å²) in [6.07, 6.45) is -2.13. The van der Waals surface area contributed by atoms with Crippen molar-refractivity contribution in [3.05, 3.63) is 24.0 Å². The van der Waals surface area contributed by atoms with Crippen molar-refractivity contribution in [3.8, 4) is 0 Å². The van der Waals surface area contributed by atoms with Crippen LogP contribution in [0.5, 0.6) is 0 Å². The lowest BCUT2D eigenvalue weighted by Crippen LogP contribution is -2.43. The van der Waals surface area contributed by atoms with E-state index >= 15 is 0 Å². The van der Waals surface area contributed by atoms with Gasteiger partial charge in [-0.25, -0.2) is 8.42 Å². The quantitative estimate of drug-likeness (QED) is 0.841. The molecule has 0 saturated carbocycles. The average molecular weight is 322 g/mol. The van der Waals surface area contributed by atoms with Gasteiger partial charge in [0.2, 0.25) is 10.0 Å². The predicted molar refractivity (Wildman–Crippen MR) is 70.9 cm³/mol. The second kappa shape index (κ2) is 5.57. The Balaban J connectivity index is 2.45. The Morgan fingerprint density at radius 2 is 1.81 bits per heavy atom. The summed E-state index contributed by atoms with van der Waals surface area (Å²) >= 11 is 0. The Morgan fingerprint density at radius 3 is 2.33 bits per heavy atom. The van der Waals surface area contributed by atoms with E-state index in [-0.39, 0.29) is 24.9 Å². The van der Waals surface area contributed by atoms with E-state index in [2.05, 4.69) is 4.98 Å². The number of halogens is 3. The fraction of sp³-hybridized carbons (Fsp3) is 0.615. The van der Waals surface area contributed by atoms with Crippen molar-refractivity contribution in [2.24, 2.45) is 11.8 Å². The molecule has 21 heavy (non-hydrogen) atoms. The molecule has 2 atom stereocenters. The van der Waals surface area contributed by atoms with Crippen LogP contribution < -0.4 is 0 Å². The molecule has 0 amide bonds. The molecular formula is C13H17F3N2O2S. The van der Waals surface area contributed by atoms with Gasteiger partial charge in [0.15, 0.2) is 0 Å². The molecule has 0 bridgehead atoms. The van der Waals surface area contributed by atoms with Gasteiger partial charge in [-0.15, -0.1) is 0 Å². The number of sulfonamides is 1. The van der Waals surface area contributed by atoms with Gasteiger partial charge < -0.3 is 0 Å². The molecule has 1 saturated heterocycles. The van der Waals surface area contributed by atoms with Crippen LogP contribution >= 0.6 is 0 Å². The van der Waals surface area contributed by atoms with Crippen molar-refractivity contribution in [2.75, 3.05) is 13.1 Å². The second-order valence-electron chi connectivity index (χ2n) is 5.64. The van der Waals surface area contributed by atoms with Gasteiger partial charge in [0.25, 0.3) is 0 Å². The van der Waals surface area contributed by atoms with Gasteiger partial charge >= 0.3 is 6.18 Å². The van der Waals surface area contributed by atoms with Crippen LogP contribution in [-0.4, -0.2) is 30.8 Å². The molecular weight excluding hydrogens is 305 g/mol. The van der Waals surface area contributed by atoms with Crippen molar-refractivity contribution in [3.63, 3.8) is 0 Å². The Labute approximate surface area is 122 Å². The summed E-state index contributed by atoms with van der Waals surface area (Å²) in [6.45, 7) is 4.26. The molecule has 2 unspecified atom stereocenters. The van der Waals surface area contributed by atoms with Crippen LogP contribution in [0.25, 0.3) is 0 Å². The maximum atomic E-state index is 13.0. The maximum Gasteiger partial charge on any atom is 0.417 e. The Morgan fingerprint density at radius 1 is 1.24 bits per heavy atom. The van der Waals surface area contributed by atoms with Gasteiger partial charge in [0, 0.05) is 25.5 Å². The van der Waals surface area contributed by atoms with E-state index in [0.717, 1.165) is 23.1 Å². The smallest absolute Gasteiger partial charge is 0.263 e. The third kappa shape index (κ3) is 3.37. The summed E-state index contributed by atoms with van der Waals surface area (Å²) in [5.74, 6) is 0.240. The van der Waals surface area contributed by atoms with E-state index in [1.54, 1.807) is 0 Å². The number of hydrogen-bond acceptors (Lipinski definition) is 3. The predicted octanol–water partition coefficient (Wildman–Crippen LogP) is 2.77. The van der Waals surface area contributed by atoms with Crippen LogP contribution in [0.15, 0.2) is 23.4 Å². The first kappa shape index (κ1) is 16.2. The first-order valence-electron chi connectivity index (χ1n) is 6.63. The molecule has 8 heteroatoms. The van der Waals surface area contributed by atoms with Crippen molar-refractivity contribution in [1.82, 2.24) is 9.29 Å². The fourth-order valence-electron chi connectivity index (χ4n) is 2.76. The summed E-state index contributed by atoms with van der Waals surface area (Å²) in [5.41, 5.74) is -1.16. The van der Waals surface area contributed by atoms with Gasteiger partial charge in [-0.2, -0.15) is 17.5 Å². The van der Waals surface area contributed by atoms with Gasteiger partial charge in [-0.05, 0) is 24.3 Å². The summed E-state index contributed by atoms with van der Waals surface area (Å²) in [7, 11) is -4.19.